The van der Waals surface area contributed by atoms with Gasteiger partial charge >= 0.3 is 0 Å². The van der Waals surface area contributed by atoms with Gasteiger partial charge in [-0.05, 0) is 53.9 Å². The number of rotatable bonds is 3. The average molecular weight is 363 g/mol. The van der Waals surface area contributed by atoms with Crippen LogP contribution in [0.1, 0.15) is 53.1 Å². The van der Waals surface area contributed by atoms with Gasteiger partial charge in [0.2, 0.25) is 5.91 Å². The monoisotopic (exact) mass is 363 g/mol. The van der Waals surface area contributed by atoms with E-state index in [0.29, 0.717) is 12.0 Å². The van der Waals surface area contributed by atoms with Crippen LogP contribution < -0.4 is 5.32 Å². The number of hydrogen-bond donors (Lipinski definition) is 1. The molecule has 1 aromatic carbocycles. The highest BCUT2D eigenvalue weighted by Gasteiger charge is 2.46. The van der Waals surface area contributed by atoms with Gasteiger partial charge in [-0.3, -0.25) is 14.6 Å². The van der Waals surface area contributed by atoms with Gasteiger partial charge in [0.05, 0.1) is 5.56 Å². The molecule has 5 nitrogen and oxygen atoms in total. The van der Waals surface area contributed by atoms with Crippen LogP contribution in [0, 0.1) is 0 Å². The number of nitrogens with zero attached hydrogens (tertiary/aromatic N) is 2. The van der Waals surface area contributed by atoms with Crippen LogP contribution in [0.5, 0.6) is 0 Å². The first-order valence-corrected chi connectivity index (χ1v) is 9.62. The summed E-state index contributed by atoms with van der Waals surface area (Å²) in [6, 6.07) is 12.2. The maximum Gasteiger partial charge on any atom is 0.255 e. The van der Waals surface area contributed by atoms with Crippen molar-refractivity contribution >= 4 is 11.8 Å². The Labute approximate surface area is 159 Å². The molecule has 1 aliphatic heterocycles. The van der Waals surface area contributed by atoms with Crippen molar-refractivity contribution in [2.45, 2.75) is 37.0 Å². The quantitative estimate of drug-likeness (QED) is 0.912. The zero-order chi connectivity index (χ0) is 18.9. The molecule has 1 spiro atoms. The number of carbonyl (C=O) groups excluding carboxylic acids is 2. The summed E-state index contributed by atoms with van der Waals surface area (Å²) in [5, 5.41) is 2.76. The molecule has 1 atom stereocenters. The number of hydrogen-bond acceptors (Lipinski definition) is 3. The van der Waals surface area contributed by atoms with Crippen molar-refractivity contribution < 1.29 is 9.59 Å². The number of fused-ring (bicyclic) bond motifs is 2. The minimum absolute atomic E-state index is 0.0612. The van der Waals surface area contributed by atoms with Crippen LogP contribution in [0.2, 0.25) is 0 Å². The molecule has 5 heteroatoms. The Balaban J connectivity index is 1.52. The lowest BCUT2D eigenvalue weighted by atomic mass is 9.73. The summed E-state index contributed by atoms with van der Waals surface area (Å²) in [4.78, 5) is 30.7. The second-order valence-corrected chi connectivity index (χ2v) is 7.68. The number of carbonyl (C=O) groups is 2. The standard InChI is InChI=1S/C22H25N3O2/c1-23-20(26)13-17-14-22(19-7-3-2-6-18(17)19)8-11-25(12-9-22)21(27)16-5-4-10-24-15-16/h2-7,10,15,17H,8-9,11-14H2,1H3,(H,23,26)/t17-/m1/s1. The molecule has 2 amide bonds. The van der Waals surface area contributed by atoms with Gasteiger partial charge in [-0.25, -0.2) is 0 Å². The Morgan fingerprint density at radius 1 is 1.19 bits per heavy atom. The molecule has 1 fully saturated rings. The zero-order valence-electron chi connectivity index (χ0n) is 15.6. The SMILES string of the molecule is CNC(=O)C[C@@H]1CC2(CCN(C(=O)c3cccnc3)CC2)c2ccccc21. The van der Waals surface area contributed by atoms with Crippen molar-refractivity contribution in [1.82, 2.24) is 15.2 Å². The number of likely N-dealkylation sites (tertiary alicyclic amines) is 1. The first-order chi connectivity index (χ1) is 13.1. The summed E-state index contributed by atoms with van der Waals surface area (Å²) < 4.78 is 0. The van der Waals surface area contributed by atoms with Gasteiger partial charge in [-0.2, -0.15) is 0 Å². The van der Waals surface area contributed by atoms with E-state index in [9.17, 15) is 9.59 Å². The minimum atomic E-state index is 0.0612. The van der Waals surface area contributed by atoms with Gasteiger partial charge in [0.25, 0.3) is 5.91 Å². The van der Waals surface area contributed by atoms with E-state index in [1.165, 1.54) is 11.1 Å². The molecule has 1 N–H and O–H groups in total. The summed E-state index contributed by atoms with van der Waals surface area (Å²) in [5.74, 6) is 0.420. The third-order valence-electron chi connectivity index (χ3n) is 6.24. The largest absolute Gasteiger partial charge is 0.359 e. The summed E-state index contributed by atoms with van der Waals surface area (Å²) in [7, 11) is 1.70. The van der Waals surface area contributed by atoms with Crippen molar-refractivity contribution in [2.75, 3.05) is 20.1 Å². The number of pyridine rings is 1. The number of nitrogens with one attached hydrogen (secondary N) is 1. The highest BCUT2D eigenvalue weighted by molar-refractivity contribution is 5.94. The van der Waals surface area contributed by atoms with Crippen molar-refractivity contribution in [1.29, 1.82) is 0 Å². The highest BCUT2D eigenvalue weighted by Crippen LogP contribution is 2.52. The second kappa shape index (κ2) is 7.14. The number of amides is 2. The van der Waals surface area contributed by atoms with E-state index in [-0.39, 0.29) is 23.1 Å². The van der Waals surface area contributed by atoms with Gasteiger partial charge < -0.3 is 10.2 Å². The highest BCUT2D eigenvalue weighted by atomic mass is 16.2. The molecule has 27 heavy (non-hydrogen) atoms. The second-order valence-electron chi connectivity index (χ2n) is 7.68. The maximum absolute atomic E-state index is 12.7. The molecule has 1 saturated heterocycles. The number of aromatic nitrogens is 1. The van der Waals surface area contributed by atoms with Gasteiger partial charge in [-0.15, -0.1) is 0 Å². The van der Waals surface area contributed by atoms with E-state index in [1.807, 2.05) is 11.0 Å². The third kappa shape index (κ3) is 3.22. The Bertz CT molecular complexity index is 842. The van der Waals surface area contributed by atoms with Crippen molar-refractivity contribution in [3.05, 3.63) is 65.5 Å². The molecule has 140 valence electrons. The Morgan fingerprint density at radius 2 is 1.96 bits per heavy atom. The minimum Gasteiger partial charge on any atom is -0.359 e. The summed E-state index contributed by atoms with van der Waals surface area (Å²) in [6.07, 6.45) is 6.74. The number of piperidine rings is 1. The van der Waals surface area contributed by atoms with Crippen molar-refractivity contribution in [3.8, 4) is 0 Å². The van der Waals surface area contributed by atoms with Crippen LogP contribution in [-0.2, 0) is 10.2 Å². The van der Waals surface area contributed by atoms with Gasteiger partial charge in [0, 0.05) is 39.0 Å². The predicted octanol–water partition coefficient (Wildman–Crippen LogP) is 2.88. The van der Waals surface area contributed by atoms with Crippen LogP contribution in [-0.4, -0.2) is 41.8 Å². The van der Waals surface area contributed by atoms with E-state index in [1.54, 1.807) is 25.5 Å². The first-order valence-electron chi connectivity index (χ1n) is 9.62. The van der Waals surface area contributed by atoms with E-state index in [0.717, 1.165) is 32.4 Å². The van der Waals surface area contributed by atoms with Crippen LogP contribution >= 0.6 is 0 Å². The molecule has 0 unspecified atom stereocenters. The lowest BCUT2D eigenvalue weighted by molar-refractivity contribution is -0.121. The Morgan fingerprint density at radius 3 is 2.67 bits per heavy atom. The summed E-state index contributed by atoms with van der Waals surface area (Å²) >= 11 is 0. The Kier molecular flexibility index (Phi) is 4.68. The molecular weight excluding hydrogens is 338 g/mol. The van der Waals surface area contributed by atoms with Crippen LogP contribution in [0.3, 0.4) is 0 Å². The zero-order valence-corrected chi connectivity index (χ0v) is 15.6. The topological polar surface area (TPSA) is 62.3 Å². The maximum atomic E-state index is 12.7. The molecule has 2 heterocycles. The van der Waals surface area contributed by atoms with Crippen molar-refractivity contribution in [2.24, 2.45) is 0 Å². The normalized spacial score (nSPS) is 20.3. The van der Waals surface area contributed by atoms with Gasteiger partial charge in [0.15, 0.2) is 0 Å². The first kappa shape index (κ1) is 17.7. The molecule has 1 aliphatic carbocycles. The van der Waals surface area contributed by atoms with E-state index in [2.05, 4.69) is 34.6 Å². The fraction of sp³-hybridized carbons (Fsp3) is 0.409. The smallest absolute Gasteiger partial charge is 0.255 e. The summed E-state index contributed by atoms with van der Waals surface area (Å²) in [5.41, 5.74) is 3.43. The van der Waals surface area contributed by atoms with E-state index in [4.69, 9.17) is 0 Å². The lowest BCUT2D eigenvalue weighted by Gasteiger charge is -2.40. The fourth-order valence-electron chi connectivity index (χ4n) is 4.82. The van der Waals surface area contributed by atoms with E-state index < -0.39 is 0 Å². The fourth-order valence-corrected chi connectivity index (χ4v) is 4.82. The predicted molar refractivity (Wildman–Crippen MR) is 104 cm³/mol. The molecule has 2 aromatic rings. The number of benzene rings is 1. The molecule has 0 saturated carbocycles. The molecule has 0 bridgehead atoms. The molecule has 2 aliphatic rings. The van der Waals surface area contributed by atoms with E-state index >= 15 is 0 Å². The third-order valence-corrected chi connectivity index (χ3v) is 6.24. The average Bonchev–Trinajstić information content (AvgIpc) is 3.02. The lowest BCUT2D eigenvalue weighted by Crippen LogP contribution is -2.44. The molecule has 1 aromatic heterocycles. The van der Waals surface area contributed by atoms with Crippen LogP contribution in [0.15, 0.2) is 48.8 Å². The Hall–Kier alpha value is -2.69. The van der Waals surface area contributed by atoms with Crippen LogP contribution in [0.25, 0.3) is 0 Å². The van der Waals surface area contributed by atoms with Gasteiger partial charge in [-0.1, -0.05) is 24.3 Å². The summed E-state index contributed by atoms with van der Waals surface area (Å²) in [6.45, 7) is 1.49. The van der Waals surface area contributed by atoms with Gasteiger partial charge in [0.1, 0.15) is 0 Å². The van der Waals surface area contributed by atoms with Crippen molar-refractivity contribution in [3.63, 3.8) is 0 Å². The molecule has 4 rings (SSSR count). The van der Waals surface area contributed by atoms with Crippen LogP contribution in [0.4, 0.5) is 0 Å². The molecular formula is C22H25N3O2. The molecule has 0 radical (unpaired) electrons.